The molecule has 7 heteroatoms. The molecular formula is C20H17ClN2O3S. The van der Waals surface area contributed by atoms with Gasteiger partial charge in [0.2, 0.25) is 0 Å². The quantitative estimate of drug-likeness (QED) is 0.591. The SMILES string of the molecule is CC(=O)c1sc(NC(=O)COc2cc(C)ccc2Cl)nc1-c1ccccc1. The molecule has 0 spiro atoms. The summed E-state index contributed by atoms with van der Waals surface area (Å²) in [7, 11) is 0. The molecule has 0 saturated heterocycles. The fraction of sp³-hybridized carbons (Fsp3) is 0.150. The van der Waals surface area contributed by atoms with Gasteiger partial charge in [0, 0.05) is 12.5 Å². The fourth-order valence-electron chi connectivity index (χ4n) is 2.42. The van der Waals surface area contributed by atoms with E-state index in [1.165, 1.54) is 6.92 Å². The number of carbonyl (C=O) groups excluding carboxylic acids is 2. The summed E-state index contributed by atoms with van der Waals surface area (Å²) < 4.78 is 5.49. The van der Waals surface area contributed by atoms with E-state index in [0.29, 0.717) is 26.5 Å². The Kier molecular flexibility index (Phi) is 5.88. The molecule has 0 saturated carbocycles. The van der Waals surface area contributed by atoms with Crippen LogP contribution in [-0.4, -0.2) is 23.3 Å². The predicted octanol–water partition coefficient (Wildman–Crippen LogP) is 4.99. The number of ketones is 1. The molecule has 3 rings (SSSR count). The van der Waals surface area contributed by atoms with Gasteiger partial charge in [0.1, 0.15) is 5.75 Å². The van der Waals surface area contributed by atoms with E-state index in [2.05, 4.69) is 10.3 Å². The van der Waals surface area contributed by atoms with E-state index in [9.17, 15) is 9.59 Å². The van der Waals surface area contributed by atoms with Crippen LogP contribution in [0, 0.1) is 6.92 Å². The number of thiazole rings is 1. The normalized spacial score (nSPS) is 10.5. The van der Waals surface area contributed by atoms with Crippen LogP contribution >= 0.6 is 22.9 Å². The maximum absolute atomic E-state index is 12.2. The minimum Gasteiger partial charge on any atom is -0.482 e. The lowest BCUT2D eigenvalue weighted by Gasteiger charge is -2.08. The van der Waals surface area contributed by atoms with Crippen LogP contribution in [0.15, 0.2) is 48.5 Å². The number of hydrogen-bond acceptors (Lipinski definition) is 5. The first-order chi connectivity index (χ1) is 12.9. The number of ether oxygens (including phenoxy) is 1. The summed E-state index contributed by atoms with van der Waals surface area (Å²) in [5.74, 6) is -0.0361. The summed E-state index contributed by atoms with van der Waals surface area (Å²) >= 11 is 7.21. The van der Waals surface area contributed by atoms with Gasteiger partial charge in [0.15, 0.2) is 17.5 Å². The molecule has 0 aliphatic carbocycles. The lowest BCUT2D eigenvalue weighted by atomic mass is 10.1. The highest BCUT2D eigenvalue weighted by molar-refractivity contribution is 7.18. The Hall–Kier alpha value is -2.70. The number of Topliss-reactive ketones (excluding diaryl/α,β-unsaturated/α-hetero) is 1. The van der Waals surface area contributed by atoms with Crippen molar-refractivity contribution in [3.63, 3.8) is 0 Å². The van der Waals surface area contributed by atoms with Crippen LogP contribution in [0.25, 0.3) is 11.3 Å². The van der Waals surface area contributed by atoms with E-state index in [1.54, 1.807) is 12.1 Å². The van der Waals surface area contributed by atoms with Gasteiger partial charge < -0.3 is 4.74 Å². The molecule has 1 amide bonds. The third-order valence-electron chi connectivity index (χ3n) is 3.69. The molecule has 0 radical (unpaired) electrons. The number of carbonyl (C=O) groups is 2. The Morgan fingerprint density at radius 3 is 2.63 bits per heavy atom. The minimum atomic E-state index is -0.379. The number of aromatic nitrogens is 1. The number of anilines is 1. The highest BCUT2D eigenvalue weighted by Gasteiger charge is 2.18. The van der Waals surface area contributed by atoms with Crippen molar-refractivity contribution in [1.82, 2.24) is 4.98 Å². The van der Waals surface area contributed by atoms with Gasteiger partial charge in [-0.2, -0.15) is 0 Å². The Balaban J connectivity index is 1.73. The van der Waals surface area contributed by atoms with Crippen LogP contribution in [0.3, 0.4) is 0 Å². The molecule has 0 bridgehead atoms. The van der Waals surface area contributed by atoms with Crippen LogP contribution in [0.5, 0.6) is 5.75 Å². The van der Waals surface area contributed by atoms with Crippen LogP contribution in [0.1, 0.15) is 22.2 Å². The van der Waals surface area contributed by atoms with Gasteiger partial charge in [-0.3, -0.25) is 14.9 Å². The van der Waals surface area contributed by atoms with Gasteiger partial charge in [-0.25, -0.2) is 4.98 Å². The van der Waals surface area contributed by atoms with Crippen LogP contribution < -0.4 is 10.1 Å². The van der Waals surface area contributed by atoms with Gasteiger partial charge in [-0.15, -0.1) is 0 Å². The number of amides is 1. The molecule has 27 heavy (non-hydrogen) atoms. The van der Waals surface area contributed by atoms with Gasteiger partial charge in [0.25, 0.3) is 5.91 Å². The number of hydrogen-bond donors (Lipinski definition) is 1. The van der Waals surface area contributed by atoms with Crippen molar-refractivity contribution in [3.05, 3.63) is 64.0 Å². The van der Waals surface area contributed by atoms with Crippen LogP contribution in [0.2, 0.25) is 5.02 Å². The van der Waals surface area contributed by atoms with Gasteiger partial charge in [0.05, 0.1) is 15.6 Å². The van der Waals surface area contributed by atoms with E-state index in [-0.39, 0.29) is 18.3 Å². The molecule has 1 heterocycles. The maximum atomic E-state index is 12.2. The van der Waals surface area contributed by atoms with Gasteiger partial charge in [-0.05, 0) is 24.6 Å². The number of nitrogens with one attached hydrogen (secondary N) is 1. The monoisotopic (exact) mass is 400 g/mol. The van der Waals surface area contributed by atoms with E-state index in [0.717, 1.165) is 22.5 Å². The van der Waals surface area contributed by atoms with Gasteiger partial charge in [-0.1, -0.05) is 59.3 Å². The smallest absolute Gasteiger partial charge is 0.264 e. The number of halogens is 1. The largest absolute Gasteiger partial charge is 0.482 e. The predicted molar refractivity (Wildman–Crippen MR) is 108 cm³/mol. The topological polar surface area (TPSA) is 68.3 Å². The zero-order valence-corrected chi connectivity index (χ0v) is 16.4. The molecule has 138 valence electrons. The van der Waals surface area contributed by atoms with Crippen LogP contribution in [-0.2, 0) is 4.79 Å². The number of rotatable bonds is 6. The van der Waals surface area contributed by atoms with E-state index < -0.39 is 0 Å². The van der Waals surface area contributed by atoms with Crippen LogP contribution in [0.4, 0.5) is 5.13 Å². The molecule has 0 unspecified atom stereocenters. The third kappa shape index (κ3) is 4.72. The maximum Gasteiger partial charge on any atom is 0.264 e. The lowest BCUT2D eigenvalue weighted by molar-refractivity contribution is -0.118. The molecule has 0 aliphatic heterocycles. The Bertz CT molecular complexity index is 986. The van der Waals surface area contributed by atoms with E-state index >= 15 is 0 Å². The second-order valence-corrected chi connectivity index (χ2v) is 7.30. The summed E-state index contributed by atoms with van der Waals surface area (Å²) in [6.45, 7) is 3.18. The summed E-state index contributed by atoms with van der Waals surface area (Å²) in [5.41, 5.74) is 2.36. The fourth-order valence-corrected chi connectivity index (χ4v) is 3.49. The average Bonchev–Trinajstić information content (AvgIpc) is 3.07. The van der Waals surface area contributed by atoms with E-state index in [4.69, 9.17) is 16.3 Å². The van der Waals surface area contributed by atoms with Crippen molar-refractivity contribution in [1.29, 1.82) is 0 Å². The second kappa shape index (κ2) is 8.33. The second-order valence-electron chi connectivity index (χ2n) is 5.89. The van der Waals surface area contributed by atoms with Gasteiger partial charge >= 0.3 is 0 Å². The first kappa shape index (κ1) is 19.1. The molecule has 1 aromatic heterocycles. The average molecular weight is 401 g/mol. The van der Waals surface area contributed by atoms with Crippen molar-refractivity contribution in [3.8, 4) is 17.0 Å². The Labute approximate surface area is 166 Å². The summed E-state index contributed by atoms with van der Waals surface area (Å²) in [4.78, 5) is 29.1. The summed E-state index contributed by atoms with van der Waals surface area (Å²) in [6, 6.07) is 14.7. The molecule has 5 nitrogen and oxygen atoms in total. The molecule has 0 aliphatic rings. The Morgan fingerprint density at radius 1 is 1.19 bits per heavy atom. The molecule has 2 aromatic carbocycles. The number of nitrogens with zero attached hydrogens (tertiary/aromatic N) is 1. The Morgan fingerprint density at radius 2 is 1.93 bits per heavy atom. The standard InChI is InChI=1S/C20H17ClN2O3S/c1-12-8-9-15(21)16(10-12)26-11-17(25)22-20-23-18(19(27-20)13(2)24)14-6-4-3-5-7-14/h3-10H,11H2,1-2H3,(H,22,23,25). The number of aryl methyl sites for hydroxylation is 1. The van der Waals surface area contributed by atoms with Crippen molar-refractivity contribution >= 4 is 39.8 Å². The minimum absolute atomic E-state index is 0.102. The van der Waals surface area contributed by atoms with Crippen molar-refractivity contribution in [2.24, 2.45) is 0 Å². The molecule has 0 fully saturated rings. The molecule has 3 aromatic rings. The summed E-state index contributed by atoms with van der Waals surface area (Å²) in [6.07, 6.45) is 0. The molecule has 1 N–H and O–H groups in total. The molecule has 0 atom stereocenters. The zero-order chi connectivity index (χ0) is 19.4. The highest BCUT2D eigenvalue weighted by atomic mass is 35.5. The summed E-state index contributed by atoms with van der Waals surface area (Å²) in [5, 5.41) is 3.47. The zero-order valence-electron chi connectivity index (χ0n) is 14.8. The number of benzene rings is 2. The van der Waals surface area contributed by atoms with Crippen molar-refractivity contribution in [2.45, 2.75) is 13.8 Å². The van der Waals surface area contributed by atoms with Crippen molar-refractivity contribution in [2.75, 3.05) is 11.9 Å². The van der Waals surface area contributed by atoms with Crippen molar-refractivity contribution < 1.29 is 14.3 Å². The first-order valence-corrected chi connectivity index (χ1v) is 9.39. The molecular weight excluding hydrogens is 384 g/mol. The third-order valence-corrected chi connectivity index (χ3v) is 5.07. The highest BCUT2D eigenvalue weighted by Crippen LogP contribution is 2.31. The first-order valence-electron chi connectivity index (χ1n) is 8.20. The van der Waals surface area contributed by atoms with E-state index in [1.807, 2.05) is 43.3 Å². The lowest BCUT2D eigenvalue weighted by Crippen LogP contribution is -2.20.